The number of rotatable bonds is 9. The molecule has 0 atom stereocenters. The fourth-order valence-corrected chi connectivity index (χ4v) is 1.71. The van der Waals surface area contributed by atoms with E-state index in [0.29, 0.717) is 6.61 Å². The lowest BCUT2D eigenvalue weighted by molar-refractivity contribution is 0.141. The molecule has 0 saturated carbocycles. The highest BCUT2D eigenvalue weighted by atomic mass is 16.5. The summed E-state index contributed by atoms with van der Waals surface area (Å²) in [6.07, 6.45) is 4.77. The molecule has 0 bridgehead atoms. The second kappa shape index (κ2) is 8.69. The summed E-state index contributed by atoms with van der Waals surface area (Å²) in [6.45, 7) is 6.58. The Labute approximate surface area is 109 Å². The first-order valence-corrected chi connectivity index (χ1v) is 6.66. The minimum Gasteiger partial charge on any atom is -0.380 e. The third-order valence-corrected chi connectivity index (χ3v) is 2.72. The number of ether oxygens (including phenoxy) is 1. The maximum Gasteiger partial charge on any atom is 0.134 e. The molecule has 0 unspecified atom stereocenters. The predicted molar refractivity (Wildman–Crippen MR) is 75.2 cm³/mol. The summed E-state index contributed by atoms with van der Waals surface area (Å²) in [6, 6.07) is 0. The van der Waals surface area contributed by atoms with Crippen LogP contribution < -0.4 is 10.6 Å². The zero-order valence-electron chi connectivity index (χ0n) is 11.6. The van der Waals surface area contributed by atoms with E-state index in [9.17, 15) is 0 Å². The zero-order valence-corrected chi connectivity index (χ0v) is 11.6. The molecule has 102 valence electrons. The first-order valence-electron chi connectivity index (χ1n) is 6.66. The summed E-state index contributed by atoms with van der Waals surface area (Å²) in [7, 11) is 1.87. The van der Waals surface area contributed by atoms with Gasteiger partial charge in [-0.2, -0.15) is 0 Å². The van der Waals surface area contributed by atoms with Gasteiger partial charge in [-0.3, -0.25) is 0 Å². The summed E-state index contributed by atoms with van der Waals surface area (Å²) in [5.74, 6) is 1.79. The number of unbranched alkanes of at least 4 members (excludes halogenated alkanes) is 1. The topological polar surface area (TPSA) is 59.1 Å². The Bertz CT molecular complexity index is 344. The Balaban J connectivity index is 2.41. The zero-order chi connectivity index (χ0) is 13.2. The van der Waals surface area contributed by atoms with Crippen LogP contribution in [0.3, 0.4) is 0 Å². The van der Waals surface area contributed by atoms with Crippen LogP contribution in [0.5, 0.6) is 0 Å². The molecule has 0 spiro atoms. The van der Waals surface area contributed by atoms with Crippen LogP contribution in [0, 0.1) is 0 Å². The van der Waals surface area contributed by atoms with Crippen LogP contribution in [0.4, 0.5) is 11.6 Å². The first-order chi connectivity index (χ1) is 8.83. The van der Waals surface area contributed by atoms with E-state index in [2.05, 4.69) is 34.4 Å². The van der Waals surface area contributed by atoms with Gasteiger partial charge in [-0.15, -0.1) is 0 Å². The minimum absolute atomic E-state index is 0.710. The van der Waals surface area contributed by atoms with Gasteiger partial charge >= 0.3 is 0 Å². The van der Waals surface area contributed by atoms with Gasteiger partial charge in [0.2, 0.25) is 0 Å². The molecule has 5 heteroatoms. The number of anilines is 2. The molecule has 0 aliphatic carbocycles. The fraction of sp³-hybridized carbons (Fsp3) is 0.692. The minimum atomic E-state index is 0.710. The summed E-state index contributed by atoms with van der Waals surface area (Å²) in [4.78, 5) is 8.48. The van der Waals surface area contributed by atoms with Crippen LogP contribution in [0.15, 0.2) is 6.33 Å². The Morgan fingerprint density at radius 3 is 2.61 bits per heavy atom. The Hall–Kier alpha value is -1.36. The van der Waals surface area contributed by atoms with Gasteiger partial charge in [-0.05, 0) is 12.8 Å². The van der Waals surface area contributed by atoms with Crippen molar-refractivity contribution in [3.05, 3.63) is 11.9 Å². The Morgan fingerprint density at radius 2 is 1.94 bits per heavy atom. The predicted octanol–water partition coefficient (Wildman–Crippen LogP) is 2.31. The van der Waals surface area contributed by atoms with Crippen LogP contribution in [0.2, 0.25) is 0 Å². The molecule has 1 rings (SSSR count). The van der Waals surface area contributed by atoms with E-state index >= 15 is 0 Å². The molecule has 0 aromatic carbocycles. The average Bonchev–Trinajstić information content (AvgIpc) is 2.42. The van der Waals surface area contributed by atoms with E-state index in [1.165, 1.54) is 6.42 Å². The number of nitrogens with one attached hydrogen (secondary N) is 2. The number of nitrogens with zero attached hydrogens (tertiary/aromatic N) is 2. The van der Waals surface area contributed by atoms with Gasteiger partial charge < -0.3 is 15.4 Å². The highest BCUT2D eigenvalue weighted by Gasteiger charge is 2.07. The average molecular weight is 252 g/mol. The molecule has 1 aromatic heterocycles. The normalized spacial score (nSPS) is 10.4. The van der Waals surface area contributed by atoms with Crippen molar-refractivity contribution in [2.45, 2.75) is 33.1 Å². The van der Waals surface area contributed by atoms with Crippen molar-refractivity contribution in [3.63, 3.8) is 0 Å². The van der Waals surface area contributed by atoms with Crippen molar-refractivity contribution in [2.75, 3.05) is 37.4 Å². The Kier molecular flexibility index (Phi) is 7.10. The van der Waals surface area contributed by atoms with Gasteiger partial charge in [0.1, 0.15) is 18.0 Å². The van der Waals surface area contributed by atoms with Crippen molar-refractivity contribution in [1.29, 1.82) is 0 Å². The number of hydrogen-bond donors (Lipinski definition) is 2. The lowest BCUT2D eigenvalue weighted by Gasteiger charge is -2.12. The van der Waals surface area contributed by atoms with E-state index in [1.807, 2.05) is 7.05 Å². The molecule has 0 fully saturated rings. The fourth-order valence-electron chi connectivity index (χ4n) is 1.71. The van der Waals surface area contributed by atoms with Crippen LogP contribution in [0.25, 0.3) is 0 Å². The molecule has 2 N–H and O–H groups in total. The summed E-state index contributed by atoms with van der Waals surface area (Å²) in [5, 5.41) is 6.38. The van der Waals surface area contributed by atoms with Gasteiger partial charge in [0.15, 0.2) is 0 Å². The lowest BCUT2D eigenvalue weighted by Crippen LogP contribution is -2.13. The molecular weight excluding hydrogens is 228 g/mol. The molecule has 0 aliphatic heterocycles. The van der Waals surface area contributed by atoms with Crippen LogP contribution in [0.1, 0.15) is 32.3 Å². The van der Waals surface area contributed by atoms with Gasteiger partial charge in [0, 0.05) is 25.8 Å². The molecular formula is C13H24N4O. The SMILES string of the molecule is CCCCOCCNc1ncnc(NC)c1CC. The monoisotopic (exact) mass is 252 g/mol. The van der Waals surface area contributed by atoms with Crippen molar-refractivity contribution in [2.24, 2.45) is 0 Å². The molecule has 18 heavy (non-hydrogen) atoms. The molecule has 5 nitrogen and oxygen atoms in total. The maximum absolute atomic E-state index is 5.50. The first kappa shape index (κ1) is 14.7. The molecule has 0 radical (unpaired) electrons. The second-order valence-electron chi connectivity index (χ2n) is 4.05. The maximum atomic E-state index is 5.50. The van der Waals surface area contributed by atoms with Crippen LogP contribution >= 0.6 is 0 Å². The number of hydrogen-bond acceptors (Lipinski definition) is 5. The highest BCUT2D eigenvalue weighted by molar-refractivity contribution is 5.56. The van der Waals surface area contributed by atoms with Crippen LogP contribution in [-0.4, -0.2) is 36.8 Å². The smallest absolute Gasteiger partial charge is 0.134 e. The van der Waals surface area contributed by atoms with Crippen molar-refractivity contribution in [3.8, 4) is 0 Å². The van der Waals surface area contributed by atoms with Crippen LogP contribution in [-0.2, 0) is 11.2 Å². The molecule has 0 amide bonds. The van der Waals surface area contributed by atoms with Crippen molar-refractivity contribution < 1.29 is 4.74 Å². The number of aromatic nitrogens is 2. The molecule has 1 aromatic rings. The van der Waals surface area contributed by atoms with E-state index < -0.39 is 0 Å². The quantitative estimate of drug-likeness (QED) is 0.660. The lowest BCUT2D eigenvalue weighted by atomic mass is 10.2. The second-order valence-corrected chi connectivity index (χ2v) is 4.05. The standard InChI is InChI=1S/C13H24N4O/c1-4-6-8-18-9-7-15-13-11(5-2)12(14-3)16-10-17-13/h10H,4-9H2,1-3H3,(H2,14,15,16,17). The summed E-state index contributed by atoms with van der Waals surface area (Å²) < 4.78 is 5.50. The van der Waals surface area contributed by atoms with Crippen molar-refractivity contribution >= 4 is 11.6 Å². The third-order valence-electron chi connectivity index (χ3n) is 2.72. The van der Waals surface area contributed by atoms with Gasteiger partial charge in [0.05, 0.1) is 6.61 Å². The third kappa shape index (κ3) is 4.49. The van der Waals surface area contributed by atoms with Gasteiger partial charge in [-0.1, -0.05) is 20.3 Å². The van der Waals surface area contributed by atoms with E-state index in [0.717, 1.165) is 43.2 Å². The molecule has 1 heterocycles. The van der Waals surface area contributed by atoms with Gasteiger partial charge in [0.25, 0.3) is 0 Å². The summed E-state index contributed by atoms with van der Waals surface area (Å²) in [5.41, 5.74) is 1.12. The highest BCUT2D eigenvalue weighted by Crippen LogP contribution is 2.19. The Morgan fingerprint density at radius 1 is 1.17 bits per heavy atom. The van der Waals surface area contributed by atoms with Gasteiger partial charge in [-0.25, -0.2) is 9.97 Å². The van der Waals surface area contributed by atoms with E-state index in [4.69, 9.17) is 4.74 Å². The largest absolute Gasteiger partial charge is 0.380 e. The molecule has 0 aliphatic rings. The molecule has 0 saturated heterocycles. The van der Waals surface area contributed by atoms with Crippen molar-refractivity contribution in [1.82, 2.24) is 9.97 Å². The van der Waals surface area contributed by atoms with E-state index in [-0.39, 0.29) is 0 Å². The van der Waals surface area contributed by atoms with E-state index in [1.54, 1.807) is 6.33 Å². The summed E-state index contributed by atoms with van der Waals surface area (Å²) >= 11 is 0.